The number of rotatable bonds is 3. The first-order valence-corrected chi connectivity index (χ1v) is 7.54. The number of benzene rings is 2. The van der Waals surface area contributed by atoms with Gasteiger partial charge in [-0.1, -0.05) is 34.1 Å². The lowest BCUT2D eigenvalue weighted by atomic mass is 10.2. The summed E-state index contributed by atoms with van der Waals surface area (Å²) in [5, 5.41) is 0. The van der Waals surface area contributed by atoms with E-state index < -0.39 is 0 Å². The zero-order valence-electron chi connectivity index (χ0n) is 10.4. The summed E-state index contributed by atoms with van der Waals surface area (Å²) in [5.41, 5.74) is 1.57. The van der Waals surface area contributed by atoms with Crippen LogP contribution in [0.25, 0.3) is 0 Å². The Morgan fingerprint density at radius 1 is 1.11 bits per heavy atom. The molecule has 0 aliphatic carbocycles. The third-order valence-corrected chi connectivity index (χ3v) is 3.94. The van der Waals surface area contributed by atoms with Crippen molar-refractivity contribution in [2.75, 3.05) is 11.4 Å². The van der Waals surface area contributed by atoms with Gasteiger partial charge >= 0.3 is 0 Å². The molecular formula is C15H13Br2NO. The van der Waals surface area contributed by atoms with Gasteiger partial charge in [0, 0.05) is 21.2 Å². The second-order valence-electron chi connectivity index (χ2n) is 4.01. The maximum atomic E-state index is 12.6. The number of anilines is 1. The average molecular weight is 383 g/mol. The molecule has 0 N–H and O–H groups in total. The van der Waals surface area contributed by atoms with E-state index in [1.165, 1.54) is 0 Å². The Bertz CT molecular complexity index is 584. The average Bonchev–Trinajstić information content (AvgIpc) is 2.40. The standard InChI is InChI=1S/C15H13Br2NO/c1-2-18(12-6-4-3-5-7-12)15(19)13-9-8-11(16)10-14(13)17/h3-10H,2H2,1H3. The Balaban J connectivity index is 2.36. The number of halogens is 2. The SMILES string of the molecule is CCN(C(=O)c1ccc(Br)cc1Br)c1ccccc1. The van der Waals surface area contributed by atoms with E-state index in [1.807, 2.05) is 55.5 Å². The molecule has 0 aliphatic heterocycles. The van der Waals surface area contributed by atoms with Crippen molar-refractivity contribution in [3.8, 4) is 0 Å². The van der Waals surface area contributed by atoms with E-state index in [0.29, 0.717) is 12.1 Å². The zero-order chi connectivity index (χ0) is 13.8. The van der Waals surface area contributed by atoms with E-state index >= 15 is 0 Å². The fraction of sp³-hybridized carbons (Fsp3) is 0.133. The van der Waals surface area contributed by atoms with Gasteiger partial charge in [0.05, 0.1) is 5.56 Å². The van der Waals surface area contributed by atoms with E-state index in [9.17, 15) is 4.79 Å². The topological polar surface area (TPSA) is 20.3 Å². The highest BCUT2D eigenvalue weighted by molar-refractivity contribution is 9.11. The second-order valence-corrected chi connectivity index (χ2v) is 5.78. The van der Waals surface area contributed by atoms with E-state index in [4.69, 9.17) is 0 Å². The van der Waals surface area contributed by atoms with Crippen LogP contribution in [0.3, 0.4) is 0 Å². The van der Waals surface area contributed by atoms with Crippen LogP contribution >= 0.6 is 31.9 Å². The third-order valence-electron chi connectivity index (χ3n) is 2.79. The van der Waals surface area contributed by atoms with Gasteiger partial charge in [0.25, 0.3) is 5.91 Å². The molecule has 4 heteroatoms. The lowest BCUT2D eigenvalue weighted by Crippen LogP contribution is -2.30. The predicted molar refractivity (Wildman–Crippen MR) is 85.6 cm³/mol. The molecule has 0 aromatic heterocycles. The van der Waals surface area contributed by atoms with E-state index in [-0.39, 0.29) is 5.91 Å². The third kappa shape index (κ3) is 3.25. The van der Waals surface area contributed by atoms with Gasteiger partial charge in [-0.2, -0.15) is 0 Å². The molecule has 2 aromatic rings. The molecule has 0 unspecified atom stereocenters. The van der Waals surface area contributed by atoms with Gasteiger partial charge in [-0.3, -0.25) is 4.79 Å². The van der Waals surface area contributed by atoms with Gasteiger partial charge in [0.15, 0.2) is 0 Å². The van der Waals surface area contributed by atoms with Crippen LogP contribution < -0.4 is 4.90 Å². The van der Waals surface area contributed by atoms with Gasteiger partial charge in [-0.25, -0.2) is 0 Å². The minimum atomic E-state index is -0.00641. The highest BCUT2D eigenvalue weighted by Gasteiger charge is 2.18. The molecule has 0 fully saturated rings. The molecule has 98 valence electrons. The van der Waals surface area contributed by atoms with Crippen LogP contribution in [0, 0.1) is 0 Å². The molecule has 0 radical (unpaired) electrons. The van der Waals surface area contributed by atoms with Crippen LogP contribution in [0.2, 0.25) is 0 Å². The molecule has 19 heavy (non-hydrogen) atoms. The predicted octanol–water partition coefficient (Wildman–Crippen LogP) is 4.88. The summed E-state index contributed by atoms with van der Waals surface area (Å²) in [6, 6.07) is 15.3. The fourth-order valence-electron chi connectivity index (χ4n) is 1.86. The van der Waals surface area contributed by atoms with Crippen molar-refractivity contribution in [1.82, 2.24) is 0 Å². The molecule has 1 amide bonds. The molecule has 0 spiro atoms. The smallest absolute Gasteiger partial charge is 0.259 e. The first-order chi connectivity index (χ1) is 9.13. The van der Waals surface area contributed by atoms with Crippen molar-refractivity contribution in [2.24, 2.45) is 0 Å². The van der Waals surface area contributed by atoms with Gasteiger partial charge in [-0.05, 0) is 53.2 Å². The van der Waals surface area contributed by atoms with Crippen molar-refractivity contribution >= 4 is 43.5 Å². The molecule has 0 saturated heterocycles. The lowest BCUT2D eigenvalue weighted by Gasteiger charge is -2.21. The van der Waals surface area contributed by atoms with Crippen molar-refractivity contribution in [2.45, 2.75) is 6.92 Å². The molecule has 0 atom stereocenters. The maximum Gasteiger partial charge on any atom is 0.259 e. The van der Waals surface area contributed by atoms with Crippen LogP contribution in [0.15, 0.2) is 57.5 Å². The van der Waals surface area contributed by atoms with E-state index in [1.54, 1.807) is 4.90 Å². The number of nitrogens with zero attached hydrogens (tertiary/aromatic N) is 1. The minimum Gasteiger partial charge on any atom is -0.309 e. The summed E-state index contributed by atoms with van der Waals surface area (Å²) in [6.07, 6.45) is 0. The number of hydrogen-bond acceptors (Lipinski definition) is 1. The first kappa shape index (κ1) is 14.3. The van der Waals surface area contributed by atoms with Crippen LogP contribution in [0.5, 0.6) is 0 Å². The van der Waals surface area contributed by atoms with Crippen molar-refractivity contribution in [1.29, 1.82) is 0 Å². The largest absolute Gasteiger partial charge is 0.309 e. The summed E-state index contributed by atoms with van der Waals surface area (Å²) in [7, 11) is 0. The van der Waals surface area contributed by atoms with E-state index in [2.05, 4.69) is 31.9 Å². The van der Waals surface area contributed by atoms with Crippen LogP contribution in [0.4, 0.5) is 5.69 Å². The number of hydrogen-bond donors (Lipinski definition) is 0. The van der Waals surface area contributed by atoms with Crippen molar-refractivity contribution in [3.63, 3.8) is 0 Å². The number of amides is 1. The van der Waals surface area contributed by atoms with Gasteiger partial charge in [0.1, 0.15) is 0 Å². The normalized spacial score (nSPS) is 10.3. The summed E-state index contributed by atoms with van der Waals surface area (Å²) >= 11 is 6.83. The summed E-state index contributed by atoms with van der Waals surface area (Å²) in [6.45, 7) is 2.60. The van der Waals surface area contributed by atoms with Crippen molar-refractivity contribution in [3.05, 3.63) is 63.0 Å². The molecule has 2 aromatic carbocycles. The minimum absolute atomic E-state index is 0.00641. The van der Waals surface area contributed by atoms with Gasteiger partial charge in [0.2, 0.25) is 0 Å². The first-order valence-electron chi connectivity index (χ1n) is 5.95. The number of para-hydroxylation sites is 1. The highest BCUT2D eigenvalue weighted by atomic mass is 79.9. The molecule has 0 heterocycles. The molecule has 2 rings (SSSR count). The summed E-state index contributed by atoms with van der Waals surface area (Å²) in [5.74, 6) is -0.00641. The summed E-state index contributed by atoms with van der Waals surface area (Å²) in [4.78, 5) is 14.3. The van der Waals surface area contributed by atoms with Gasteiger partial charge in [-0.15, -0.1) is 0 Å². The van der Waals surface area contributed by atoms with Crippen LogP contribution in [-0.2, 0) is 0 Å². The Labute approximate surface area is 129 Å². The Morgan fingerprint density at radius 3 is 2.37 bits per heavy atom. The fourth-order valence-corrected chi connectivity index (χ4v) is 3.08. The lowest BCUT2D eigenvalue weighted by molar-refractivity contribution is 0.0987. The number of carbonyl (C=O) groups excluding carboxylic acids is 1. The molecular weight excluding hydrogens is 370 g/mol. The van der Waals surface area contributed by atoms with E-state index in [0.717, 1.165) is 14.6 Å². The second kappa shape index (κ2) is 6.35. The van der Waals surface area contributed by atoms with Crippen LogP contribution in [0.1, 0.15) is 17.3 Å². The quantitative estimate of drug-likeness (QED) is 0.740. The molecule has 0 saturated carbocycles. The number of carbonyl (C=O) groups is 1. The van der Waals surface area contributed by atoms with Crippen molar-refractivity contribution < 1.29 is 4.79 Å². The highest BCUT2D eigenvalue weighted by Crippen LogP contribution is 2.25. The Hall–Kier alpha value is -1.13. The van der Waals surface area contributed by atoms with Gasteiger partial charge < -0.3 is 4.90 Å². The molecule has 0 bridgehead atoms. The Kier molecular flexibility index (Phi) is 4.77. The van der Waals surface area contributed by atoms with Crippen LogP contribution in [-0.4, -0.2) is 12.5 Å². The maximum absolute atomic E-state index is 12.6. The Morgan fingerprint density at radius 2 is 1.79 bits per heavy atom. The zero-order valence-corrected chi connectivity index (χ0v) is 13.6. The molecule has 2 nitrogen and oxygen atoms in total. The molecule has 0 aliphatic rings. The monoisotopic (exact) mass is 381 g/mol. The summed E-state index contributed by atoms with van der Waals surface area (Å²) < 4.78 is 1.74.